The zero-order valence-electron chi connectivity index (χ0n) is 12.3. The van der Waals surface area contributed by atoms with E-state index in [0.29, 0.717) is 12.3 Å². The molecule has 3 rings (SSSR count). The summed E-state index contributed by atoms with van der Waals surface area (Å²) in [5.74, 6) is 0.900. The van der Waals surface area contributed by atoms with Gasteiger partial charge in [0.1, 0.15) is 11.3 Å². The van der Waals surface area contributed by atoms with Crippen molar-refractivity contribution in [3.05, 3.63) is 72.0 Å². The van der Waals surface area contributed by atoms with Crippen molar-refractivity contribution in [2.75, 3.05) is 0 Å². The fourth-order valence-corrected chi connectivity index (χ4v) is 2.04. The second-order valence-corrected chi connectivity index (χ2v) is 4.76. The lowest BCUT2D eigenvalue weighted by Gasteiger charge is -2.03. The van der Waals surface area contributed by atoms with Crippen LogP contribution < -0.4 is 11.1 Å². The van der Waals surface area contributed by atoms with Crippen LogP contribution in [0.4, 0.5) is 0 Å². The zero-order valence-corrected chi connectivity index (χ0v) is 14.7. The summed E-state index contributed by atoms with van der Waals surface area (Å²) in [5.41, 5.74) is 7.70. The standard InChI is InChI=1S/C17H16N4O.HI/c18-17(19-11-13-6-2-1-3-7-13)21-20-12-15-10-14-8-4-5-9-16(14)22-15;/h1-10,12H,11H2,(H3,18,19,21);1H/b20-12+;. The summed E-state index contributed by atoms with van der Waals surface area (Å²) in [6.07, 6.45) is 1.54. The molecule has 0 saturated heterocycles. The molecule has 23 heavy (non-hydrogen) atoms. The molecular formula is C17H17IN4O. The number of benzene rings is 2. The molecule has 1 aromatic heterocycles. The number of nitrogens with two attached hydrogens (primary N) is 1. The van der Waals surface area contributed by atoms with Gasteiger partial charge < -0.3 is 15.5 Å². The summed E-state index contributed by atoms with van der Waals surface area (Å²) < 4.78 is 5.60. The minimum atomic E-state index is 0. The van der Waals surface area contributed by atoms with Gasteiger partial charge in [-0.05, 0) is 17.7 Å². The number of furan rings is 1. The topological polar surface area (TPSA) is 75.9 Å². The predicted octanol–water partition coefficient (Wildman–Crippen LogP) is 3.49. The van der Waals surface area contributed by atoms with Gasteiger partial charge in [0.2, 0.25) is 5.96 Å². The lowest BCUT2D eigenvalue weighted by Crippen LogP contribution is -2.30. The highest BCUT2D eigenvalue weighted by Gasteiger charge is 1.99. The summed E-state index contributed by atoms with van der Waals surface area (Å²) in [6, 6.07) is 19.6. The number of hydrogen-bond donors (Lipinski definition) is 2. The average molecular weight is 420 g/mol. The second-order valence-electron chi connectivity index (χ2n) is 4.76. The summed E-state index contributed by atoms with van der Waals surface area (Å²) in [5, 5.41) is 11.9. The van der Waals surface area contributed by atoms with Crippen LogP contribution in [-0.4, -0.2) is 12.2 Å². The van der Waals surface area contributed by atoms with Gasteiger partial charge >= 0.3 is 0 Å². The van der Waals surface area contributed by atoms with Crippen molar-refractivity contribution in [3.8, 4) is 0 Å². The lowest BCUT2D eigenvalue weighted by molar-refractivity contribution is 0.607. The van der Waals surface area contributed by atoms with E-state index in [1.807, 2.05) is 60.7 Å². The van der Waals surface area contributed by atoms with Crippen LogP contribution in [0.1, 0.15) is 11.3 Å². The highest BCUT2D eigenvalue weighted by atomic mass is 127. The fourth-order valence-electron chi connectivity index (χ4n) is 2.04. The lowest BCUT2D eigenvalue weighted by atomic mass is 10.2. The molecule has 5 nitrogen and oxygen atoms in total. The van der Waals surface area contributed by atoms with E-state index in [1.165, 1.54) is 6.21 Å². The second kappa shape index (κ2) is 8.33. The molecule has 6 heteroatoms. The minimum Gasteiger partial charge on any atom is -0.455 e. The van der Waals surface area contributed by atoms with Gasteiger partial charge in [-0.25, -0.2) is 0 Å². The summed E-state index contributed by atoms with van der Waals surface area (Å²) in [7, 11) is 0. The van der Waals surface area contributed by atoms with Crippen molar-refractivity contribution >= 4 is 47.1 Å². The summed E-state index contributed by atoms with van der Waals surface area (Å²) in [6.45, 7) is 0.607. The Hall–Kier alpha value is -2.35. The van der Waals surface area contributed by atoms with Crippen molar-refractivity contribution in [2.45, 2.75) is 6.54 Å². The number of para-hydroxylation sites is 1. The van der Waals surface area contributed by atoms with E-state index in [9.17, 15) is 0 Å². The van der Waals surface area contributed by atoms with Crippen LogP contribution in [0.15, 0.2) is 75.3 Å². The van der Waals surface area contributed by atoms with Crippen LogP contribution in [0.5, 0.6) is 0 Å². The molecule has 0 aliphatic heterocycles. The Morgan fingerprint density at radius 3 is 2.61 bits per heavy atom. The van der Waals surface area contributed by atoms with Crippen LogP contribution in [-0.2, 0) is 6.54 Å². The molecule has 0 fully saturated rings. The van der Waals surface area contributed by atoms with Crippen molar-refractivity contribution in [1.82, 2.24) is 5.32 Å². The third kappa shape index (κ3) is 4.82. The van der Waals surface area contributed by atoms with Crippen molar-refractivity contribution in [3.63, 3.8) is 0 Å². The quantitative estimate of drug-likeness (QED) is 0.294. The molecule has 0 radical (unpaired) electrons. The highest BCUT2D eigenvalue weighted by Crippen LogP contribution is 2.17. The summed E-state index contributed by atoms with van der Waals surface area (Å²) >= 11 is 0. The molecule has 118 valence electrons. The molecule has 2 aromatic carbocycles. The van der Waals surface area contributed by atoms with Crippen molar-refractivity contribution < 1.29 is 4.42 Å². The Morgan fingerprint density at radius 2 is 1.83 bits per heavy atom. The molecule has 3 aromatic rings. The Morgan fingerprint density at radius 1 is 1.09 bits per heavy atom. The van der Waals surface area contributed by atoms with Gasteiger partial charge in [-0.15, -0.1) is 29.1 Å². The van der Waals surface area contributed by atoms with E-state index >= 15 is 0 Å². The predicted molar refractivity (Wildman–Crippen MR) is 104 cm³/mol. The molecule has 0 bridgehead atoms. The van der Waals surface area contributed by atoms with E-state index < -0.39 is 0 Å². The SMILES string of the molecule is I.N/C(=N\N=C\c1cc2ccccc2o1)NCc1ccccc1. The molecule has 0 unspecified atom stereocenters. The fraction of sp³-hybridized carbons (Fsp3) is 0.0588. The number of nitrogens with zero attached hydrogens (tertiary/aromatic N) is 2. The maximum atomic E-state index is 5.76. The van der Waals surface area contributed by atoms with Gasteiger partial charge in [-0.1, -0.05) is 48.5 Å². The largest absolute Gasteiger partial charge is 0.455 e. The number of nitrogens with one attached hydrogen (secondary N) is 1. The van der Waals surface area contributed by atoms with E-state index in [-0.39, 0.29) is 29.9 Å². The van der Waals surface area contributed by atoms with Crippen LogP contribution in [0.25, 0.3) is 11.0 Å². The molecule has 0 aliphatic carbocycles. The Kier molecular flexibility index (Phi) is 6.16. The number of guanidine groups is 1. The number of halogens is 1. The number of rotatable bonds is 4. The molecule has 0 amide bonds. The molecule has 3 N–H and O–H groups in total. The van der Waals surface area contributed by atoms with E-state index in [4.69, 9.17) is 10.2 Å². The highest BCUT2D eigenvalue weighted by molar-refractivity contribution is 14.0. The summed E-state index contributed by atoms with van der Waals surface area (Å²) in [4.78, 5) is 0. The monoisotopic (exact) mass is 420 g/mol. The van der Waals surface area contributed by atoms with Crippen LogP contribution in [0.3, 0.4) is 0 Å². The first kappa shape index (κ1) is 17.0. The van der Waals surface area contributed by atoms with Crippen LogP contribution >= 0.6 is 24.0 Å². The van der Waals surface area contributed by atoms with E-state index in [0.717, 1.165) is 16.5 Å². The molecular weight excluding hydrogens is 403 g/mol. The van der Waals surface area contributed by atoms with Crippen molar-refractivity contribution in [1.29, 1.82) is 0 Å². The Labute approximate surface area is 151 Å². The van der Waals surface area contributed by atoms with Gasteiger partial charge in [0, 0.05) is 11.9 Å². The van der Waals surface area contributed by atoms with E-state index in [2.05, 4.69) is 15.5 Å². The van der Waals surface area contributed by atoms with Crippen LogP contribution in [0, 0.1) is 0 Å². The Balaban J connectivity index is 0.00000192. The van der Waals surface area contributed by atoms with Crippen LogP contribution in [0.2, 0.25) is 0 Å². The number of hydrogen-bond acceptors (Lipinski definition) is 3. The van der Waals surface area contributed by atoms with Gasteiger partial charge in [0.05, 0.1) is 6.21 Å². The molecule has 0 spiro atoms. The first-order valence-corrected chi connectivity index (χ1v) is 6.94. The number of fused-ring (bicyclic) bond motifs is 1. The normalized spacial score (nSPS) is 11.6. The van der Waals surface area contributed by atoms with Gasteiger partial charge in [-0.2, -0.15) is 5.10 Å². The third-order valence-electron chi connectivity index (χ3n) is 3.11. The first-order valence-electron chi connectivity index (χ1n) is 6.94. The van der Waals surface area contributed by atoms with Gasteiger partial charge in [0.25, 0.3) is 0 Å². The van der Waals surface area contributed by atoms with Gasteiger partial charge in [0.15, 0.2) is 0 Å². The first-order chi connectivity index (χ1) is 10.8. The average Bonchev–Trinajstić information content (AvgIpc) is 2.96. The maximum absolute atomic E-state index is 5.76. The third-order valence-corrected chi connectivity index (χ3v) is 3.11. The molecule has 0 aliphatic rings. The molecule has 1 heterocycles. The molecule has 0 saturated carbocycles. The van der Waals surface area contributed by atoms with Crippen molar-refractivity contribution in [2.24, 2.45) is 15.9 Å². The smallest absolute Gasteiger partial charge is 0.214 e. The Bertz CT molecular complexity index is 779. The van der Waals surface area contributed by atoms with Gasteiger partial charge in [-0.3, -0.25) is 0 Å². The maximum Gasteiger partial charge on any atom is 0.214 e. The molecule has 0 atom stereocenters. The van der Waals surface area contributed by atoms with E-state index in [1.54, 1.807) is 0 Å². The minimum absolute atomic E-state index is 0. The zero-order chi connectivity index (χ0) is 15.2.